The molecule has 6 nitrogen and oxygen atoms in total. The van der Waals surface area contributed by atoms with Crippen molar-refractivity contribution in [3.8, 4) is 0 Å². The third-order valence-corrected chi connectivity index (χ3v) is 5.41. The largest absolute Gasteiger partial charge is 0.325 e. The van der Waals surface area contributed by atoms with E-state index in [0.29, 0.717) is 5.78 Å². The second-order valence-electron chi connectivity index (χ2n) is 5.56. The number of benzene rings is 2. The predicted octanol–water partition coefficient (Wildman–Crippen LogP) is 3.85. The Labute approximate surface area is 161 Å². The number of rotatable bonds is 4. The van der Waals surface area contributed by atoms with Crippen LogP contribution < -0.4 is 5.32 Å². The average Bonchev–Trinajstić information content (AvgIpc) is 3.15. The van der Waals surface area contributed by atoms with E-state index in [2.05, 4.69) is 43.1 Å². The third-order valence-electron chi connectivity index (χ3n) is 3.80. The minimum absolute atomic E-state index is 0.0603. The number of anilines is 1. The van der Waals surface area contributed by atoms with Gasteiger partial charge in [-0.3, -0.25) is 9.20 Å². The molecule has 0 fully saturated rings. The number of aromatic nitrogens is 4. The van der Waals surface area contributed by atoms with Crippen LogP contribution in [0.3, 0.4) is 0 Å². The molecule has 0 aliphatic carbocycles. The Morgan fingerprint density at radius 1 is 1.32 bits per heavy atom. The highest BCUT2D eigenvalue weighted by molar-refractivity contribution is 14.1. The zero-order valence-corrected chi connectivity index (χ0v) is 16.3. The molecule has 126 valence electrons. The molecular formula is C17H14IN5OS. The van der Waals surface area contributed by atoms with Crippen LogP contribution in [0.4, 0.5) is 5.69 Å². The lowest BCUT2D eigenvalue weighted by atomic mass is 10.2. The first-order chi connectivity index (χ1) is 12.1. The van der Waals surface area contributed by atoms with Crippen LogP contribution in [0.1, 0.15) is 5.56 Å². The molecule has 0 spiro atoms. The second-order valence-corrected chi connectivity index (χ2v) is 7.75. The van der Waals surface area contributed by atoms with Crippen LogP contribution in [0.25, 0.3) is 16.8 Å². The number of amides is 1. The number of aryl methyl sites for hydroxylation is 1. The van der Waals surface area contributed by atoms with E-state index in [0.717, 1.165) is 31.0 Å². The first kappa shape index (κ1) is 16.4. The molecule has 1 amide bonds. The number of hydrogen-bond acceptors (Lipinski definition) is 4. The number of fused-ring (bicyclic) bond motifs is 3. The van der Waals surface area contributed by atoms with Gasteiger partial charge in [-0.15, -0.1) is 5.10 Å². The lowest BCUT2D eigenvalue weighted by Gasteiger charge is -2.08. The molecule has 0 atom stereocenters. The summed E-state index contributed by atoms with van der Waals surface area (Å²) in [6, 6.07) is 13.8. The second kappa shape index (κ2) is 6.68. The van der Waals surface area contributed by atoms with Crippen LogP contribution >= 0.6 is 34.4 Å². The van der Waals surface area contributed by atoms with Crippen molar-refractivity contribution in [1.29, 1.82) is 0 Å². The molecule has 0 unspecified atom stereocenters. The van der Waals surface area contributed by atoms with Gasteiger partial charge in [-0.2, -0.15) is 0 Å². The highest BCUT2D eigenvalue weighted by atomic mass is 127. The van der Waals surface area contributed by atoms with Crippen LogP contribution in [-0.4, -0.2) is 31.2 Å². The Hall–Kier alpha value is -2.07. The Morgan fingerprint density at radius 2 is 2.16 bits per heavy atom. The summed E-state index contributed by atoms with van der Waals surface area (Å²) < 4.78 is 3.08. The van der Waals surface area contributed by atoms with Gasteiger partial charge in [0.1, 0.15) is 0 Å². The molecule has 2 aromatic carbocycles. The zero-order chi connectivity index (χ0) is 17.4. The first-order valence-corrected chi connectivity index (χ1v) is 9.68. The van der Waals surface area contributed by atoms with Gasteiger partial charge in [0.15, 0.2) is 5.16 Å². The van der Waals surface area contributed by atoms with Crippen LogP contribution in [0.2, 0.25) is 0 Å². The summed E-state index contributed by atoms with van der Waals surface area (Å²) in [7, 11) is 0. The summed E-state index contributed by atoms with van der Waals surface area (Å²) >= 11 is 3.64. The number of nitrogens with one attached hydrogen (secondary N) is 2. The molecule has 0 saturated carbocycles. The van der Waals surface area contributed by atoms with Gasteiger partial charge in [0, 0.05) is 9.26 Å². The van der Waals surface area contributed by atoms with Gasteiger partial charge in [-0.25, -0.2) is 10.1 Å². The lowest BCUT2D eigenvalue weighted by Crippen LogP contribution is -2.15. The molecular weight excluding hydrogens is 449 g/mol. The number of hydrogen-bond donors (Lipinski definition) is 2. The topological polar surface area (TPSA) is 75.1 Å². The molecule has 2 aromatic heterocycles. The van der Waals surface area contributed by atoms with Crippen LogP contribution in [0.5, 0.6) is 0 Å². The van der Waals surface area contributed by atoms with Gasteiger partial charge in [-0.1, -0.05) is 23.9 Å². The molecule has 2 heterocycles. The Kier molecular flexibility index (Phi) is 4.38. The maximum atomic E-state index is 12.3. The van der Waals surface area contributed by atoms with Gasteiger partial charge in [0.05, 0.1) is 16.8 Å². The Balaban J connectivity index is 1.51. The normalized spacial score (nSPS) is 11.3. The van der Waals surface area contributed by atoms with E-state index >= 15 is 0 Å². The number of para-hydroxylation sites is 2. The number of thioether (sulfide) groups is 1. The summed E-state index contributed by atoms with van der Waals surface area (Å²) in [6.07, 6.45) is 0. The Morgan fingerprint density at radius 3 is 3.00 bits per heavy atom. The van der Waals surface area contributed by atoms with Crippen molar-refractivity contribution >= 4 is 62.8 Å². The summed E-state index contributed by atoms with van der Waals surface area (Å²) in [5, 5.41) is 10.9. The molecule has 2 N–H and O–H groups in total. The molecule has 0 aliphatic heterocycles. The summed E-state index contributed by atoms with van der Waals surface area (Å²) in [4.78, 5) is 16.8. The molecule has 8 heteroatoms. The summed E-state index contributed by atoms with van der Waals surface area (Å²) in [6.45, 7) is 1.99. The van der Waals surface area contributed by atoms with E-state index < -0.39 is 0 Å². The van der Waals surface area contributed by atoms with E-state index in [-0.39, 0.29) is 11.7 Å². The predicted molar refractivity (Wildman–Crippen MR) is 108 cm³/mol. The van der Waals surface area contributed by atoms with Gasteiger partial charge in [-0.05, 0) is 65.4 Å². The monoisotopic (exact) mass is 463 g/mol. The number of carbonyl (C=O) groups excluding carboxylic acids is 1. The smallest absolute Gasteiger partial charge is 0.234 e. The molecule has 4 rings (SSSR count). The van der Waals surface area contributed by atoms with Crippen molar-refractivity contribution in [3.05, 3.63) is 51.6 Å². The maximum absolute atomic E-state index is 12.3. The minimum Gasteiger partial charge on any atom is -0.325 e. The van der Waals surface area contributed by atoms with Crippen molar-refractivity contribution < 1.29 is 4.79 Å². The fourth-order valence-corrected chi connectivity index (χ4v) is 4.03. The SMILES string of the molecule is Cc1cc(I)ccc1NC(=O)CSc1n[nH]c2nc3ccccc3n12. The minimum atomic E-state index is -0.0603. The van der Waals surface area contributed by atoms with Crippen molar-refractivity contribution in [3.63, 3.8) is 0 Å². The molecule has 25 heavy (non-hydrogen) atoms. The van der Waals surface area contributed by atoms with Crippen molar-refractivity contribution in [1.82, 2.24) is 19.6 Å². The highest BCUT2D eigenvalue weighted by Gasteiger charge is 2.13. The zero-order valence-electron chi connectivity index (χ0n) is 13.3. The summed E-state index contributed by atoms with van der Waals surface area (Å²) in [5.74, 6) is 0.894. The van der Waals surface area contributed by atoms with E-state index in [1.54, 1.807) is 0 Å². The van der Waals surface area contributed by atoms with Gasteiger partial charge in [0.25, 0.3) is 0 Å². The van der Waals surface area contributed by atoms with Crippen LogP contribution in [0, 0.1) is 10.5 Å². The van der Waals surface area contributed by atoms with E-state index in [9.17, 15) is 4.79 Å². The number of halogens is 1. The van der Waals surface area contributed by atoms with Gasteiger partial charge < -0.3 is 5.32 Å². The van der Waals surface area contributed by atoms with Gasteiger partial charge in [0.2, 0.25) is 11.7 Å². The Bertz CT molecular complexity index is 1090. The molecule has 4 aromatic rings. The molecule has 0 bridgehead atoms. The lowest BCUT2D eigenvalue weighted by molar-refractivity contribution is -0.113. The highest BCUT2D eigenvalue weighted by Crippen LogP contribution is 2.23. The van der Waals surface area contributed by atoms with E-state index in [1.807, 2.05) is 53.8 Å². The van der Waals surface area contributed by atoms with Crippen LogP contribution in [-0.2, 0) is 4.79 Å². The number of nitrogens with zero attached hydrogens (tertiary/aromatic N) is 3. The van der Waals surface area contributed by atoms with Crippen molar-refractivity contribution in [2.24, 2.45) is 0 Å². The number of carbonyl (C=O) groups is 1. The van der Waals surface area contributed by atoms with Crippen molar-refractivity contribution in [2.45, 2.75) is 12.1 Å². The van der Waals surface area contributed by atoms with E-state index in [1.165, 1.54) is 11.8 Å². The number of imidazole rings is 1. The first-order valence-electron chi connectivity index (χ1n) is 7.62. The molecule has 0 aliphatic rings. The maximum Gasteiger partial charge on any atom is 0.234 e. The summed E-state index contributed by atoms with van der Waals surface area (Å²) in [5.41, 5.74) is 3.76. The quantitative estimate of drug-likeness (QED) is 0.356. The standard InChI is InChI=1S/C17H14IN5OS/c1-10-8-11(18)6-7-12(10)19-15(24)9-25-17-22-21-16-20-13-4-2-3-5-14(13)23(16)17/h2-8H,9H2,1H3,(H,19,24)(H,20,21). The fourth-order valence-electron chi connectivity index (χ4n) is 2.62. The molecule has 0 radical (unpaired) electrons. The fraction of sp³-hybridized carbons (Fsp3) is 0.118. The third kappa shape index (κ3) is 3.23. The molecule has 0 saturated heterocycles. The number of H-pyrrole nitrogens is 1. The van der Waals surface area contributed by atoms with Crippen molar-refractivity contribution in [2.75, 3.05) is 11.1 Å². The van der Waals surface area contributed by atoms with Gasteiger partial charge >= 0.3 is 0 Å². The van der Waals surface area contributed by atoms with E-state index in [4.69, 9.17) is 0 Å². The van der Waals surface area contributed by atoms with Crippen LogP contribution in [0.15, 0.2) is 47.6 Å². The number of aromatic amines is 1. The average molecular weight is 463 g/mol.